The van der Waals surface area contributed by atoms with Crippen molar-refractivity contribution < 1.29 is 9.47 Å². The summed E-state index contributed by atoms with van der Waals surface area (Å²) < 4.78 is 10.6. The van der Waals surface area contributed by atoms with E-state index in [1.165, 1.54) is 4.88 Å². The highest BCUT2D eigenvalue weighted by Crippen LogP contribution is 2.39. The van der Waals surface area contributed by atoms with E-state index < -0.39 is 0 Å². The lowest BCUT2D eigenvalue weighted by molar-refractivity contribution is 0.174. The highest BCUT2D eigenvalue weighted by Gasteiger charge is 2.16. The average molecular weight is 268 g/mol. The van der Waals surface area contributed by atoms with E-state index >= 15 is 0 Å². The Balaban J connectivity index is 1.79. The van der Waals surface area contributed by atoms with Gasteiger partial charge in [-0.2, -0.15) is 0 Å². The van der Waals surface area contributed by atoms with E-state index in [4.69, 9.17) is 21.1 Å². The van der Waals surface area contributed by atoms with E-state index in [0.717, 1.165) is 18.0 Å². The summed E-state index contributed by atoms with van der Waals surface area (Å²) in [6.45, 7) is 1.02. The number of nitrogens with one attached hydrogen (secondary N) is 1. The molecule has 5 heteroatoms. The molecule has 0 radical (unpaired) electrons. The fraction of sp³-hybridized carbons (Fsp3) is 0.167. The minimum Gasteiger partial charge on any atom is -0.454 e. The lowest BCUT2D eigenvalue weighted by Crippen LogP contribution is -1.98. The van der Waals surface area contributed by atoms with Gasteiger partial charge in [-0.05, 0) is 11.4 Å². The summed E-state index contributed by atoms with van der Waals surface area (Å²) in [4.78, 5) is 1.26. The van der Waals surface area contributed by atoms with Crippen molar-refractivity contribution in [2.24, 2.45) is 0 Å². The van der Waals surface area contributed by atoms with Crippen molar-refractivity contribution in [2.75, 3.05) is 12.1 Å². The van der Waals surface area contributed by atoms with Gasteiger partial charge in [0.1, 0.15) is 0 Å². The first-order chi connectivity index (χ1) is 8.33. The van der Waals surface area contributed by atoms with Crippen LogP contribution in [0, 0.1) is 0 Å². The van der Waals surface area contributed by atoms with Crippen molar-refractivity contribution in [1.82, 2.24) is 0 Å². The largest absolute Gasteiger partial charge is 0.454 e. The summed E-state index contributed by atoms with van der Waals surface area (Å²) in [7, 11) is 0. The zero-order valence-electron chi connectivity index (χ0n) is 8.90. The molecule has 1 N–H and O–H groups in total. The van der Waals surface area contributed by atoms with Crippen LogP contribution in [0.3, 0.4) is 0 Å². The Labute approximate surface area is 108 Å². The molecule has 2 heterocycles. The number of hydrogen-bond acceptors (Lipinski definition) is 4. The third kappa shape index (κ3) is 2.18. The third-order valence-electron chi connectivity index (χ3n) is 2.50. The molecule has 3 nitrogen and oxygen atoms in total. The quantitative estimate of drug-likeness (QED) is 0.919. The molecule has 0 amide bonds. The number of fused-ring (bicyclic) bond motifs is 1. The summed E-state index contributed by atoms with van der Waals surface area (Å²) >= 11 is 7.87. The predicted molar refractivity (Wildman–Crippen MR) is 69.2 cm³/mol. The predicted octanol–water partition coefficient (Wildman–Crippen LogP) is 3.74. The summed E-state index contributed by atoms with van der Waals surface area (Å²) in [5.74, 6) is 1.44. The second-order valence-electron chi connectivity index (χ2n) is 3.62. The van der Waals surface area contributed by atoms with Crippen LogP contribution in [-0.2, 0) is 6.54 Å². The molecular weight excluding hydrogens is 258 g/mol. The van der Waals surface area contributed by atoms with Gasteiger partial charge in [0.15, 0.2) is 11.5 Å². The Morgan fingerprint density at radius 2 is 2.12 bits per heavy atom. The molecule has 1 aromatic heterocycles. The zero-order chi connectivity index (χ0) is 11.7. The second-order valence-corrected chi connectivity index (χ2v) is 5.06. The molecule has 88 valence electrons. The Morgan fingerprint density at radius 1 is 1.29 bits per heavy atom. The number of rotatable bonds is 3. The van der Waals surface area contributed by atoms with E-state index in [1.54, 1.807) is 17.4 Å². The maximum absolute atomic E-state index is 6.15. The number of thiophene rings is 1. The Morgan fingerprint density at radius 3 is 2.88 bits per heavy atom. The first-order valence-corrected chi connectivity index (χ1v) is 6.44. The Bertz CT molecular complexity index is 528. The number of hydrogen-bond donors (Lipinski definition) is 1. The molecule has 1 aromatic carbocycles. The minimum absolute atomic E-state index is 0.264. The van der Waals surface area contributed by atoms with Gasteiger partial charge in [-0.3, -0.25) is 0 Å². The first-order valence-electron chi connectivity index (χ1n) is 5.18. The van der Waals surface area contributed by atoms with Gasteiger partial charge in [-0.25, -0.2) is 0 Å². The molecule has 0 saturated carbocycles. The number of ether oxygens (including phenoxy) is 2. The highest BCUT2D eigenvalue weighted by atomic mass is 35.5. The maximum atomic E-state index is 6.15. The molecule has 0 bridgehead atoms. The van der Waals surface area contributed by atoms with Gasteiger partial charge in [0.05, 0.1) is 10.7 Å². The van der Waals surface area contributed by atoms with E-state index in [-0.39, 0.29) is 6.79 Å². The van der Waals surface area contributed by atoms with Gasteiger partial charge in [0, 0.05) is 23.6 Å². The molecule has 0 aliphatic carbocycles. The lowest BCUT2D eigenvalue weighted by atomic mass is 10.2. The maximum Gasteiger partial charge on any atom is 0.231 e. The van der Waals surface area contributed by atoms with Crippen molar-refractivity contribution in [3.05, 3.63) is 39.5 Å². The monoisotopic (exact) mass is 267 g/mol. The lowest BCUT2D eigenvalue weighted by Gasteiger charge is -2.08. The van der Waals surface area contributed by atoms with Crippen LogP contribution >= 0.6 is 22.9 Å². The van der Waals surface area contributed by atoms with Crippen LogP contribution < -0.4 is 14.8 Å². The third-order valence-corrected chi connectivity index (χ3v) is 3.68. The fourth-order valence-corrected chi connectivity index (χ4v) is 2.51. The van der Waals surface area contributed by atoms with Crippen LogP contribution in [0.5, 0.6) is 11.5 Å². The molecular formula is C12H10ClNO2S. The topological polar surface area (TPSA) is 30.5 Å². The van der Waals surface area contributed by atoms with Crippen molar-refractivity contribution in [1.29, 1.82) is 0 Å². The van der Waals surface area contributed by atoms with Crippen LogP contribution in [0.4, 0.5) is 5.69 Å². The molecule has 0 unspecified atom stereocenters. The number of anilines is 1. The average Bonchev–Trinajstić information content (AvgIpc) is 2.95. The molecule has 17 heavy (non-hydrogen) atoms. The normalized spacial score (nSPS) is 12.8. The molecule has 3 rings (SSSR count). The van der Waals surface area contributed by atoms with Gasteiger partial charge >= 0.3 is 0 Å². The Hall–Kier alpha value is -1.39. The van der Waals surface area contributed by atoms with Gasteiger partial charge in [0.25, 0.3) is 0 Å². The molecule has 2 aromatic rings. The van der Waals surface area contributed by atoms with Gasteiger partial charge < -0.3 is 14.8 Å². The van der Waals surface area contributed by atoms with Crippen LogP contribution in [0.1, 0.15) is 4.88 Å². The number of benzene rings is 1. The highest BCUT2D eigenvalue weighted by molar-refractivity contribution is 7.09. The van der Waals surface area contributed by atoms with Crippen LogP contribution in [0.2, 0.25) is 5.02 Å². The van der Waals surface area contributed by atoms with Crippen LogP contribution in [-0.4, -0.2) is 6.79 Å². The molecule has 0 spiro atoms. The zero-order valence-corrected chi connectivity index (χ0v) is 10.5. The van der Waals surface area contributed by atoms with E-state index in [2.05, 4.69) is 16.8 Å². The van der Waals surface area contributed by atoms with Gasteiger partial charge in [-0.1, -0.05) is 17.7 Å². The molecule has 0 fully saturated rings. The fourth-order valence-electron chi connectivity index (χ4n) is 1.65. The van der Waals surface area contributed by atoms with E-state index in [0.29, 0.717) is 10.8 Å². The van der Waals surface area contributed by atoms with Crippen molar-refractivity contribution in [2.45, 2.75) is 6.54 Å². The number of halogens is 1. The van der Waals surface area contributed by atoms with Crippen LogP contribution in [0.15, 0.2) is 29.6 Å². The van der Waals surface area contributed by atoms with E-state index in [9.17, 15) is 0 Å². The summed E-state index contributed by atoms with van der Waals surface area (Å²) in [5, 5.41) is 5.99. The smallest absolute Gasteiger partial charge is 0.231 e. The first kappa shape index (κ1) is 10.7. The summed E-state index contributed by atoms with van der Waals surface area (Å²) in [6.07, 6.45) is 0. The van der Waals surface area contributed by atoms with E-state index in [1.807, 2.05) is 12.1 Å². The second kappa shape index (κ2) is 4.47. The van der Waals surface area contributed by atoms with Crippen molar-refractivity contribution >= 4 is 28.6 Å². The SMILES string of the molecule is Clc1cc2c(cc1NCc1cccs1)OCO2. The van der Waals surface area contributed by atoms with Crippen molar-refractivity contribution in [3.8, 4) is 11.5 Å². The standard InChI is InChI=1S/C12H10ClNO2S/c13-9-4-11-12(16-7-15-11)5-10(9)14-6-8-2-1-3-17-8/h1-5,14H,6-7H2. The molecule has 1 aliphatic rings. The summed E-state index contributed by atoms with van der Waals surface area (Å²) in [6, 6.07) is 7.76. The minimum atomic E-state index is 0.264. The van der Waals surface area contributed by atoms with Gasteiger partial charge in [-0.15, -0.1) is 11.3 Å². The molecule has 1 aliphatic heterocycles. The van der Waals surface area contributed by atoms with Crippen molar-refractivity contribution in [3.63, 3.8) is 0 Å². The summed E-state index contributed by atoms with van der Waals surface area (Å²) in [5.41, 5.74) is 0.865. The molecule has 0 saturated heterocycles. The molecule has 0 atom stereocenters. The van der Waals surface area contributed by atoms with Crippen LogP contribution in [0.25, 0.3) is 0 Å². The Kier molecular flexibility index (Phi) is 2.82. The van der Waals surface area contributed by atoms with Gasteiger partial charge in [0.2, 0.25) is 6.79 Å².